The number of anilines is 1. The number of hydrogen-bond acceptors (Lipinski definition) is 3. The summed E-state index contributed by atoms with van der Waals surface area (Å²) in [6.45, 7) is 2.93. The van der Waals surface area contributed by atoms with Crippen LogP contribution in [0.25, 0.3) is 11.0 Å². The molecule has 0 unspecified atom stereocenters. The average molecular weight is 397 g/mol. The Kier molecular flexibility index (Phi) is 5.09. The molecule has 2 amide bonds. The van der Waals surface area contributed by atoms with E-state index in [9.17, 15) is 9.59 Å². The lowest BCUT2D eigenvalue weighted by Crippen LogP contribution is -2.41. The van der Waals surface area contributed by atoms with E-state index >= 15 is 0 Å². The third-order valence-electron chi connectivity index (χ3n) is 5.29. The van der Waals surface area contributed by atoms with Crippen LogP contribution in [0.1, 0.15) is 29.0 Å². The topological polar surface area (TPSA) is 62.6 Å². The molecule has 2 heterocycles. The monoisotopic (exact) mass is 396 g/mol. The highest BCUT2D eigenvalue weighted by Gasteiger charge is 2.30. The summed E-state index contributed by atoms with van der Waals surface area (Å²) in [6, 6.07) is 14.8. The van der Waals surface area contributed by atoms with Crippen LogP contribution in [0, 0.1) is 12.8 Å². The molecule has 1 aliphatic rings. The van der Waals surface area contributed by atoms with Crippen molar-refractivity contribution in [3.8, 4) is 0 Å². The zero-order valence-corrected chi connectivity index (χ0v) is 16.3. The van der Waals surface area contributed by atoms with Crippen molar-refractivity contribution in [2.45, 2.75) is 19.8 Å². The molecule has 28 heavy (non-hydrogen) atoms. The molecule has 144 valence electrons. The molecular weight excluding hydrogens is 376 g/mol. The van der Waals surface area contributed by atoms with E-state index in [1.807, 2.05) is 43.3 Å². The number of carbonyl (C=O) groups excluding carboxylic acids is 2. The Morgan fingerprint density at radius 3 is 2.54 bits per heavy atom. The molecule has 1 aliphatic heterocycles. The average Bonchev–Trinajstić information content (AvgIpc) is 3.04. The van der Waals surface area contributed by atoms with Gasteiger partial charge in [0.05, 0.1) is 0 Å². The fourth-order valence-corrected chi connectivity index (χ4v) is 3.82. The molecule has 2 aromatic carbocycles. The van der Waals surface area contributed by atoms with Gasteiger partial charge in [0.15, 0.2) is 5.76 Å². The maximum Gasteiger partial charge on any atom is 0.289 e. The number of benzene rings is 2. The standard InChI is InChI=1S/C22H21ClN2O3/c1-14-18-13-16(23)7-8-19(18)28-20(14)22(27)25-11-9-15(10-12-25)21(26)24-17-5-3-2-4-6-17/h2-8,13,15H,9-12H2,1H3,(H,24,26). The third-order valence-corrected chi connectivity index (χ3v) is 5.52. The highest BCUT2D eigenvalue weighted by Crippen LogP contribution is 2.30. The maximum absolute atomic E-state index is 12.9. The Morgan fingerprint density at radius 2 is 1.82 bits per heavy atom. The molecule has 0 bridgehead atoms. The summed E-state index contributed by atoms with van der Waals surface area (Å²) in [5.41, 5.74) is 2.25. The molecule has 1 N–H and O–H groups in total. The Labute approximate surface area is 168 Å². The lowest BCUT2D eigenvalue weighted by atomic mass is 9.95. The van der Waals surface area contributed by atoms with Crippen LogP contribution in [0.5, 0.6) is 0 Å². The van der Waals surface area contributed by atoms with Crippen molar-refractivity contribution < 1.29 is 14.0 Å². The SMILES string of the molecule is Cc1c(C(=O)N2CCC(C(=O)Nc3ccccc3)CC2)oc2ccc(Cl)cc12. The van der Waals surface area contributed by atoms with Crippen LogP contribution in [0.3, 0.4) is 0 Å². The van der Waals surface area contributed by atoms with Gasteiger partial charge in [-0.2, -0.15) is 0 Å². The molecule has 0 saturated carbocycles. The number of nitrogens with one attached hydrogen (secondary N) is 1. The van der Waals surface area contributed by atoms with Crippen LogP contribution >= 0.6 is 11.6 Å². The highest BCUT2D eigenvalue weighted by molar-refractivity contribution is 6.31. The number of carbonyl (C=O) groups is 2. The summed E-state index contributed by atoms with van der Waals surface area (Å²) in [4.78, 5) is 27.2. The van der Waals surface area contributed by atoms with Crippen LogP contribution in [-0.2, 0) is 4.79 Å². The van der Waals surface area contributed by atoms with Crippen LogP contribution in [0.15, 0.2) is 52.9 Å². The summed E-state index contributed by atoms with van der Waals surface area (Å²) in [5, 5.41) is 4.41. The molecule has 3 aromatic rings. The van der Waals surface area contributed by atoms with E-state index in [0.29, 0.717) is 42.3 Å². The molecule has 1 aromatic heterocycles. The van der Waals surface area contributed by atoms with E-state index in [-0.39, 0.29) is 17.7 Å². The van der Waals surface area contributed by atoms with Crippen LogP contribution in [0.2, 0.25) is 5.02 Å². The van der Waals surface area contributed by atoms with E-state index in [0.717, 1.165) is 16.6 Å². The summed E-state index contributed by atoms with van der Waals surface area (Å²) in [7, 11) is 0. The van der Waals surface area contributed by atoms with Gasteiger partial charge in [-0.1, -0.05) is 29.8 Å². The minimum atomic E-state index is -0.133. The number of halogens is 1. The molecule has 0 radical (unpaired) electrons. The van der Waals surface area contributed by atoms with Crippen molar-refractivity contribution in [1.29, 1.82) is 0 Å². The van der Waals surface area contributed by atoms with Gasteiger partial charge in [-0.3, -0.25) is 9.59 Å². The fraction of sp³-hybridized carbons (Fsp3) is 0.273. The predicted molar refractivity (Wildman–Crippen MR) is 110 cm³/mol. The molecule has 1 saturated heterocycles. The zero-order valence-electron chi connectivity index (χ0n) is 15.6. The first-order valence-electron chi connectivity index (χ1n) is 9.37. The lowest BCUT2D eigenvalue weighted by Gasteiger charge is -2.31. The largest absolute Gasteiger partial charge is 0.451 e. The quantitative estimate of drug-likeness (QED) is 0.685. The van der Waals surface area contributed by atoms with Crippen molar-refractivity contribution in [2.75, 3.05) is 18.4 Å². The number of fused-ring (bicyclic) bond motifs is 1. The number of nitrogens with zero attached hydrogens (tertiary/aromatic N) is 1. The minimum Gasteiger partial charge on any atom is -0.451 e. The number of likely N-dealkylation sites (tertiary alicyclic amines) is 1. The number of hydrogen-bond donors (Lipinski definition) is 1. The highest BCUT2D eigenvalue weighted by atomic mass is 35.5. The smallest absolute Gasteiger partial charge is 0.289 e. The Bertz CT molecular complexity index is 1020. The van der Waals surface area contributed by atoms with Gasteiger partial charge in [0, 0.05) is 40.7 Å². The summed E-state index contributed by atoms with van der Waals surface area (Å²) in [6.07, 6.45) is 1.27. The number of para-hydroxylation sites is 1. The van der Waals surface area contributed by atoms with E-state index in [4.69, 9.17) is 16.0 Å². The van der Waals surface area contributed by atoms with Gasteiger partial charge >= 0.3 is 0 Å². The second kappa shape index (κ2) is 7.68. The fourth-order valence-electron chi connectivity index (χ4n) is 3.65. The number of aryl methyl sites for hydroxylation is 1. The Balaban J connectivity index is 1.42. The third kappa shape index (κ3) is 3.62. The van der Waals surface area contributed by atoms with Crippen molar-refractivity contribution in [2.24, 2.45) is 5.92 Å². The molecule has 5 nitrogen and oxygen atoms in total. The normalized spacial score (nSPS) is 15.0. The summed E-state index contributed by atoms with van der Waals surface area (Å²) in [5.74, 6) is 0.129. The van der Waals surface area contributed by atoms with Gasteiger partial charge in [0.2, 0.25) is 5.91 Å². The van der Waals surface area contributed by atoms with Crippen molar-refractivity contribution in [3.63, 3.8) is 0 Å². The van der Waals surface area contributed by atoms with Crippen LogP contribution in [-0.4, -0.2) is 29.8 Å². The van der Waals surface area contributed by atoms with Gasteiger partial charge in [-0.25, -0.2) is 0 Å². The molecule has 0 atom stereocenters. The van der Waals surface area contributed by atoms with Crippen molar-refractivity contribution >= 4 is 40.1 Å². The van der Waals surface area contributed by atoms with Crippen molar-refractivity contribution in [1.82, 2.24) is 4.90 Å². The summed E-state index contributed by atoms with van der Waals surface area (Å²) < 4.78 is 5.79. The first kappa shape index (κ1) is 18.6. The van der Waals surface area contributed by atoms with E-state index in [1.54, 1.807) is 17.0 Å². The summed E-state index contributed by atoms with van der Waals surface area (Å²) >= 11 is 6.06. The van der Waals surface area contributed by atoms with Gasteiger partial charge in [0.25, 0.3) is 5.91 Å². The molecule has 0 aliphatic carbocycles. The molecule has 0 spiro atoms. The second-order valence-electron chi connectivity index (χ2n) is 7.12. The van der Waals surface area contributed by atoms with Crippen LogP contribution in [0.4, 0.5) is 5.69 Å². The van der Waals surface area contributed by atoms with Gasteiger partial charge in [-0.15, -0.1) is 0 Å². The van der Waals surface area contributed by atoms with E-state index in [1.165, 1.54) is 0 Å². The van der Waals surface area contributed by atoms with Gasteiger partial charge < -0.3 is 14.6 Å². The van der Waals surface area contributed by atoms with Crippen LogP contribution < -0.4 is 5.32 Å². The van der Waals surface area contributed by atoms with E-state index in [2.05, 4.69) is 5.32 Å². The lowest BCUT2D eigenvalue weighted by molar-refractivity contribution is -0.121. The Morgan fingerprint density at radius 1 is 1.11 bits per heavy atom. The first-order chi connectivity index (χ1) is 13.5. The second-order valence-corrected chi connectivity index (χ2v) is 7.55. The number of rotatable bonds is 3. The molecular formula is C22H21ClN2O3. The van der Waals surface area contributed by atoms with Crippen molar-refractivity contribution in [3.05, 3.63) is 64.9 Å². The minimum absolute atomic E-state index is 0.00728. The Hall–Kier alpha value is -2.79. The number of piperidine rings is 1. The van der Waals surface area contributed by atoms with Gasteiger partial charge in [0.1, 0.15) is 5.58 Å². The first-order valence-corrected chi connectivity index (χ1v) is 9.74. The molecule has 6 heteroatoms. The molecule has 4 rings (SSSR count). The van der Waals surface area contributed by atoms with Gasteiger partial charge in [-0.05, 0) is 50.1 Å². The van der Waals surface area contributed by atoms with E-state index < -0.39 is 0 Å². The predicted octanol–water partition coefficient (Wildman–Crippen LogP) is 4.89. The zero-order chi connectivity index (χ0) is 19.7. The number of amides is 2. The molecule has 1 fully saturated rings. The number of furan rings is 1. The maximum atomic E-state index is 12.9.